The first-order valence-corrected chi connectivity index (χ1v) is 58.7. The van der Waals surface area contributed by atoms with Gasteiger partial charge in [-0.25, -0.2) is 0 Å². The Balaban J connectivity index is 0.000000181. The van der Waals surface area contributed by atoms with Gasteiger partial charge >= 0.3 is 0 Å². The maximum absolute atomic E-state index is 3.97. The number of hydrogen-bond donors (Lipinski definition) is 0. The number of rotatable bonds is 33. The van der Waals surface area contributed by atoms with Gasteiger partial charge in [-0.05, 0) is 442 Å². The van der Waals surface area contributed by atoms with Gasteiger partial charge in [-0.1, -0.05) is 309 Å². The van der Waals surface area contributed by atoms with Gasteiger partial charge in [-0.2, -0.15) is 0 Å². The molecule has 14 rings (SSSR count). The molecular formula is C125H222. The third kappa shape index (κ3) is 41.1. The smallest absolute Gasteiger partial charge is 0.0233 e. The van der Waals surface area contributed by atoms with E-state index in [1.54, 1.807) is 51.4 Å². The molecule has 0 aromatic carbocycles. The normalized spacial score (nSPS) is 37.7. The molecule has 14 saturated carbocycles. The van der Waals surface area contributed by atoms with Crippen LogP contribution >= 0.6 is 0 Å². The van der Waals surface area contributed by atoms with Gasteiger partial charge in [0.25, 0.3) is 0 Å². The van der Waals surface area contributed by atoms with Gasteiger partial charge in [-0.3, -0.25) is 0 Å². The zero-order valence-corrected chi connectivity index (χ0v) is 86.1. The molecule has 0 nitrogen and oxygen atoms in total. The van der Waals surface area contributed by atoms with Crippen molar-refractivity contribution in [2.75, 3.05) is 0 Å². The van der Waals surface area contributed by atoms with Gasteiger partial charge in [0.15, 0.2) is 0 Å². The zero-order valence-electron chi connectivity index (χ0n) is 86.1. The molecule has 0 spiro atoms. The van der Waals surface area contributed by atoms with Gasteiger partial charge in [0.2, 0.25) is 0 Å². The Morgan fingerprint density at radius 3 is 0.464 bits per heavy atom. The van der Waals surface area contributed by atoms with Gasteiger partial charge < -0.3 is 0 Å². The average Bonchev–Trinajstić information content (AvgIpc) is 0.872. The van der Waals surface area contributed by atoms with E-state index in [2.05, 4.69) is 143 Å². The zero-order chi connectivity index (χ0) is 88.9. The Morgan fingerprint density at radius 2 is 0.312 bits per heavy atom. The summed E-state index contributed by atoms with van der Waals surface area (Å²) < 4.78 is 0. The van der Waals surface area contributed by atoms with Gasteiger partial charge in [-0.15, -0.1) is 39.5 Å². The van der Waals surface area contributed by atoms with Crippen molar-refractivity contribution in [3.8, 4) is 0 Å². The van der Waals surface area contributed by atoms with Crippen LogP contribution in [0.2, 0.25) is 0 Å². The summed E-state index contributed by atoms with van der Waals surface area (Å²) in [5.41, 5.74) is 0. The van der Waals surface area contributed by atoms with Crippen LogP contribution in [-0.2, 0) is 0 Å². The number of hydrogen-bond acceptors (Lipinski definition) is 0. The fraction of sp³-hybridized carbons (Fsp3) is 0.888. The molecule has 14 aliphatic rings. The standard InChI is InChI=1S/3C19H34.C18H32.2C17H30.C16H28/c2*1-3-5-6-7-17-10-14-19(15-11-17)18-12-8-16(4-2)9-13-18;1-3-5-7-17-10-14-19(15-11-17)18-12-8-16(6-4-2)9-13-18;1-3-5-6-16-9-13-18(14-10-16)17-11-7-15(4-2)8-12-17;2*1-3-5-15-8-12-17(13-9-15)16-10-6-14(4-2)7-11-16;1-3-13-5-9-15(10-6-13)16-11-7-14(4-2)8-12-16/h2*4,16-19H,2-3,5-15H2,1H3;4,6,16-19H,3,5,7-15H2,1-2H3;4,15-18H,2-3,5-14H2,1H3;2*4,14-17H,2-3,5-13H2,1H3;3,13-16H,1,4-12H2,2H3. The van der Waals surface area contributed by atoms with Crippen molar-refractivity contribution in [2.45, 2.75) is 537 Å². The Kier molecular flexibility index (Phi) is 57.1. The number of unbranched alkanes of at least 4 members (excludes halogenated alkanes) is 6. The molecule has 0 atom stereocenters. The summed E-state index contributed by atoms with van der Waals surface area (Å²) in [5, 5.41) is 0. The predicted molar refractivity (Wildman–Crippen MR) is 560 cm³/mol. The molecule has 0 N–H and O–H groups in total. The molecule has 722 valence electrons. The van der Waals surface area contributed by atoms with Crippen LogP contribution in [0.15, 0.2) is 88.1 Å². The summed E-state index contributed by atoms with van der Waals surface area (Å²) in [6, 6.07) is 0. The fourth-order valence-electron chi connectivity index (χ4n) is 30.1. The van der Waals surface area contributed by atoms with E-state index in [1.807, 2.05) is 0 Å². The van der Waals surface area contributed by atoms with Crippen molar-refractivity contribution in [1.29, 1.82) is 0 Å². The van der Waals surface area contributed by atoms with E-state index in [1.165, 1.54) is 430 Å². The van der Waals surface area contributed by atoms with Crippen LogP contribution in [0.4, 0.5) is 0 Å². The summed E-state index contributed by atoms with van der Waals surface area (Å²) in [6.45, 7) is 42.2. The molecule has 0 aliphatic heterocycles. The van der Waals surface area contributed by atoms with Crippen molar-refractivity contribution in [3.63, 3.8) is 0 Å². The lowest BCUT2D eigenvalue weighted by molar-refractivity contribution is 0.151. The molecule has 0 heterocycles. The van der Waals surface area contributed by atoms with Crippen molar-refractivity contribution in [1.82, 2.24) is 0 Å². The molecule has 0 radical (unpaired) electrons. The first-order valence-electron chi connectivity index (χ1n) is 58.7. The second-order valence-electron chi connectivity index (χ2n) is 47.4. The molecule has 0 aromatic rings. The molecule has 125 heavy (non-hydrogen) atoms. The Hall–Kier alpha value is -1.82. The summed E-state index contributed by atoms with van der Waals surface area (Å²) in [6.07, 6.45) is 129. The van der Waals surface area contributed by atoms with E-state index < -0.39 is 0 Å². The fourth-order valence-corrected chi connectivity index (χ4v) is 30.1. The highest BCUT2D eigenvalue weighted by Crippen LogP contribution is 2.51. The highest BCUT2D eigenvalue weighted by molar-refractivity contribution is 4.96. The first kappa shape index (κ1) is 109. The highest BCUT2D eigenvalue weighted by atomic mass is 14.4. The molecular weight excluding hydrogens is 1500 g/mol. The first-order chi connectivity index (χ1) is 61.3. The minimum absolute atomic E-state index is 0.835. The molecule has 14 aliphatic carbocycles. The van der Waals surface area contributed by atoms with E-state index >= 15 is 0 Å². The quantitative estimate of drug-likeness (QED) is 0.0454. The van der Waals surface area contributed by atoms with Gasteiger partial charge in [0.1, 0.15) is 0 Å². The molecule has 0 amide bonds. The van der Waals surface area contributed by atoms with Crippen molar-refractivity contribution in [2.24, 2.45) is 166 Å². The Morgan fingerprint density at radius 1 is 0.160 bits per heavy atom. The second-order valence-corrected chi connectivity index (χ2v) is 47.4. The van der Waals surface area contributed by atoms with Crippen LogP contribution in [0.25, 0.3) is 0 Å². The summed E-state index contributed by atoms with van der Waals surface area (Å²) in [5.74, 6) is 28.4. The summed E-state index contributed by atoms with van der Waals surface area (Å²) >= 11 is 0. The lowest BCUT2D eigenvalue weighted by atomic mass is 9.68. The largest absolute Gasteiger partial charge is 0.103 e. The van der Waals surface area contributed by atoms with Crippen LogP contribution in [0.1, 0.15) is 537 Å². The number of allylic oxidation sites excluding steroid dienone is 8. The van der Waals surface area contributed by atoms with E-state index in [0.717, 1.165) is 166 Å². The van der Waals surface area contributed by atoms with Crippen LogP contribution in [0.5, 0.6) is 0 Å². The molecule has 0 bridgehead atoms. The van der Waals surface area contributed by atoms with Crippen LogP contribution < -0.4 is 0 Å². The maximum Gasteiger partial charge on any atom is -0.0233 e. The second kappa shape index (κ2) is 65.8. The minimum Gasteiger partial charge on any atom is -0.103 e. The SMILES string of the molecule is C=CC1CCC(C2CCC(CC)CC2)CC1.C=CC1CCC(C2CCC(CCC)CC2)CC1.C=CC1CCC(C2CCC(CCC)CC2)CC1.C=CC1CCC(C2CCC(CCCC)CC2)CC1.C=CC1CCC(C2CCC(CCCCC)CC2)CC1.C=CC1CCC(C2CCC(CCCCC)CC2)CC1.CC=CC1CCC(C2CCC(CCCC)CC2)CC1. The molecule has 0 unspecified atom stereocenters. The van der Waals surface area contributed by atoms with Crippen LogP contribution in [0.3, 0.4) is 0 Å². The third-order valence-electron chi connectivity index (χ3n) is 39.4. The van der Waals surface area contributed by atoms with E-state index in [0.29, 0.717) is 0 Å². The monoisotopic (exact) mass is 1720 g/mol. The molecule has 14 fully saturated rings. The van der Waals surface area contributed by atoms with Crippen LogP contribution in [-0.4, -0.2) is 0 Å². The van der Waals surface area contributed by atoms with Gasteiger partial charge in [0, 0.05) is 0 Å². The summed E-state index contributed by atoms with van der Waals surface area (Å²) in [7, 11) is 0. The van der Waals surface area contributed by atoms with E-state index in [9.17, 15) is 0 Å². The topological polar surface area (TPSA) is 0 Å². The van der Waals surface area contributed by atoms with E-state index in [4.69, 9.17) is 0 Å². The summed E-state index contributed by atoms with van der Waals surface area (Å²) in [4.78, 5) is 0. The lowest BCUT2D eigenvalue weighted by Crippen LogP contribution is -2.25. The van der Waals surface area contributed by atoms with Crippen molar-refractivity contribution in [3.05, 3.63) is 88.1 Å². The minimum atomic E-state index is 0.835. The van der Waals surface area contributed by atoms with E-state index in [-0.39, 0.29) is 0 Å². The lowest BCUT2D eigenvalue weighted by Gasteiger charge is -2.37. The molecule has 0 saturated heterocycles. The predicted octanol–water partition coefficient (Wildman–Crippen LogP) is 41.4. The van der Waals surface area contributed by atoms with Gasteiger partial charge in [0.05, 0.1) is 0 Å². The third-order valence-corrected chi connectivity index (χ3v) is 39.4. The van der Waals surface area contributed by atoms with Crippen molar-refractivity contribution < 1.29 is 0 Å². The van der Waals surface area contributed by atoms with Crippen LogP contribution in [0, 0.1) is 166 Å². The average molecular weight is 1730 g/mol. The Labute approximate surface area is 785 Å². The highest BCUT2D eigenvalue weighted by Gasteiger charge is 2.38. The Bertz CT molecular complexity index is 2500. The molecule has 0 heteroatoms. The van der Waals surface area contributed by atoms with Crippen molar-refractivity contribution >= 4 is 0 Å². The molecule has 0 aromatic heterocycles. The maximum atomic E-state index is 3.97.